The fourth-order valence-electron chi connectivity index (χ4n) is 2.78. The van der Waals surface area contributed by atoms with Crippen LogP contribution in [0, 0.1) is 0 Å². The van der Waals surface area contributed by atoms with Gasteiger partial charge in [-0.05, 0) is 34.1 Å². The third kappa shape index (κ3) is 4.74. The number of aromatic carboxylic acids is 1. The van der Waals surface area contributed by atoms with Crippen molar-refractivity contribution in [1.29, 1.82) is 0 Å². The zero-order chi connectivity index (χ0) is 18.8. The quantitative estimate of drug-likeness (QED) is 0.858. The SMILES string of the molecule is COc1cc(N2CCC(C)(NC(=O)OC(C)(C)C)C2)c(C(=O)O)cn1. The Labute approximate surface area is 147 Å². The summed E-state index contributed by atoms with van der Waals surface area (Å²) in [5, 5.41) is 12.3. The van der Waals surface area contributed by atoms with Gasteiger partial charge in [0.1, 0.15) is 11.2 Å². The average Bonchev–Trinajstić information content (AvgIpc) is 2.86. The summed E-state index contributed by atoms with van der Waals surface area (Å²) >= 11 is 0. The summed E-state index contributed by atoms with van der Waals surface area (Å²) in [6.07, 6.45) is 1.46. The van der Waals surface area contributed by atoms with Crippen LogP contribution in [-0.2, 0) is 4.74 Å². The Morgan fingerprint density at radius 1 is 1.40 bits per heavy atom. The summed E-state index contributed by atoms with van der Waals surface area (Å²) in [4.78, 5) is 29.4. The Hall–Kier alpha value is -2.51. The van der Waals surface area contributed by atoms with Gasteiger partial charge >= 0.3 is 12.1 Å². The lowest BCUT2D eigenvalue weighted by molar-refractivity contribution is 0.0472. The third-order valence-corrected chi connectivity index (χ3v) is 3.91. The van der Waals surface area contributed by atoms with Crippen molar-refractivity contribution in [2.45, 2.75) is 45.3 Å². The molecule has 1 amide bonds. The second-order valence-corrected chi connectivity index (χ2v) is 7.41. The Kier molecular flexibility index (Phi) is 5.10. The molecule has 138 valence electrons. The molecule has 0 aromatic carbocycles. The third-order valence-electron chi connectivity index (χ3n) is 3.91. The van der Waals surface area contributed by atoms with Gasteiger partial charge in [0.05, 0.1) is 18.3 Å². The van der Waals surface area contributed by atoms with Gasteiger partial charge in [0.15, 0.2) is 0 Å². The highest BCUT2D eigenvalue weighted by Crippen LogP contribution is 2.31. The molecule has 1 aliphatic heterocycles. The number of anilines is 1. The van der Waals surface area contributed by atoms with Crippen molar-refractivity contribution < 1.29 is 24.2 Å². The molecule has 8 heteroatoms. The first-order valence-corrected chi connectivity index (χ1v) is 8.06. The van der Waals surface area contributed by atoms with E-state index >= 15 is 0 Å². The van der Waals surface area contributed by atoms with Crippen LogP contribution in [0.1, 0.15) is 44.5 Å². The van der Waals surface area contributed by atoms with Crippen molar-refractivity contribution in [3.63, 3.8) is 0 Å². The Morgan fingerprint density at radius 3 is 2.64 bits per heavy atom. The van der Waals surface area contributed by atoms with Gasteiger partial charge in [-0.1, -0.05) is 0 Å². The molecule has 1 aromatic heterocycles. The molecule has 0 saturated carbocycles. The van der Waals surface area contributed by atoms with Crippen molar-refractivity contribution in [3.05, 3.63) is 17.8 Å². The number of rotatable bonds is 4. The molecule has 1 aliphatic rings. The van der Waals surface area contributed by atoms with Gasteiger partial charge in [0.25, 0.3) is 0 Å². The predicted molar refractivity (Wildman–Crippen MR) is 92.4 cm³/mol. The van der Waals surface area contributed by atoms with Gasteiger partial charge in [0.2, 0.25) is 5.88 Å². The van der Waals surface area contributed by atoms with Gasteiger partial charge in [-0.2, -0.15) is 0 Å². The van der Waals surface area contributed by atoms with E-state index in [1.165, 1.54) is 13.3 Å². The van der Waals surface area contributed by atoms with E-state index in [0.717, 1.165) is 0 Å². The smallest absolute Gasteiger partial charge is 0.408 e. The number of methoxy groups -OCH3 is 1. The molecule has 25 heavy (non-hydrogen) atoms. The molecule has 0 spiro atoms. The van der Waals surface area contributed by atoms with Crippen LogP contribution in [0.2, 0.25) is 0 Å². The Morgan fingerprint density at radius 2 is 2.08 bits per heavy atom. The number of carboxylic acids is 1. The second-order valence-electron chi connectivity index (χ2n) is 7.41. The standard InChI is InChI=1S/C17H25N3O5/c1-16(2,3)25-15(23)19-17(4)6-7-20(10-17)12-8-13(24-5)18-9-11(12)14(21)22/h8-9H,6-7,10H2,1-5H3,(H,19,23)(H,21,22). The minimum Gasteiger partial charge on any atom is -0.481 e. The van der Waals surface area contributed by atoms with Gasteiger partial charge in [-0.25, -0.2) is 14.6 Å². The maximum Gasteiger partial charge on any atom is 0.408 e. The zero-order valence-corrected chi connectivity index (χ0v) is 15.3. The summed E-state index contributed by atoms with van der Waals surface area (Å²) in [5.74, 6) is -0.715. The molecule has 0 aliphatic carbocycles. The summed E-state index contributed by atoms with van der Waals surface area (Å²) < 4.78 is 10.4. The van der Waals surface area contributed by atoms with E-state index in [1.807, 2.05) is 11.8 Å². The lowest BCUT2D eigenvalue weighted by Gasteiger charge is -2.29. The first kappa shape index (κ1) is 18.8. The number of hydrogen-bond donors (Lipinski definition) is 2. The molecular weight excluding hydrogens is 326 g/mol. The summed E-state index contributed by atoms with van der Waals surface area (Å²) in [6.45, 7) is 8.38. The number of carbonyl (C=O) groups excluding carboxylic acids is 1. The highest BCUT2D eigenvalue weighted by Gasteiger charge is 2.37. The molecule has 1 unspecified atom stereocenters. The molecule has 1 aromatic rings. The van der Waals surface area contributed by atoms with Crippen molar-refractivity contribution in [2.75, 3.05) is 25.1 Å². The number of alkyl carbamates (subject to hydrolysis) is 1. The first-order valence-electron chi connectivity index (χ1n) is 8.06. The monoisotopic (exact) mass is 351 g/mol. The molecule has 1 fully saturated rings. The van der Waals surface area contributed by atoms with Crippen LogP contribution in [0.15, 0.2) is 12.3 Å². The molecule has 0 bridgehead atoms. The number of nitrogens with zero attached hydrogens (tertiary/aromatic N) is 2. The van der Waals surface area contributed by atoms with Crippen molar-refractivity contribution in [1.82, 2.24) is 10.3 Å². The molecule has 2 N–H and O–H groups in total. The topological polar surface area (TPSA) is 101 Å². The largest absolute Gasteiger partial charge is 0.481 e. The first-order chi connectivity index (χ1) is 11.5. The van der Waals surface area contributed by atoms with Crippen LogP contribution in [0.5, 0.6) is 5.88 Å². The van der Waals surface area contributed by atoms with Crippen LogP contribution in [0.25, 0.3) is 0 Å². The second kappa shape index (κ2) is 6.78. The van der Waals surface area contributed by atoms with Crippen LogP contribution >= 0.6 is 0 Å². The fraction of sp³-hybridized carbons (Fsp3) is 0.588. The van der Waals surface area contributed by atoms with Gasteiger partial charge in [0, 0.05) is 25.4 Å². The zero-order valence-electron chi connectivity index (χ0n) is 15.3. The van der Waals surface area contributed by atoms with E-state index in [2.05, 4.69) is 10.3 Å². The summed E-state index contributed by atoms with van der Waals surface area (Å²) in [6, 6.07) is 1.60. The van der Waals surface area contributed by atoms with E-state index < -0.39 is 23.2 Å². The minimum atomic E-state index is -1.06. The molecule has 2 heterocycles. The number of carboxylic acid groups (broad SMARTS) is 1. The highest BCUT2D eigenvalue weighted by molar-refractivity contribution is 5.94. The van der Waals surface area contributed by atoms with E-state index in [1.54, 1.807) is 26.8 Å². The van der Waals surface area contributed by atoms with E-state index in [4.69, 9.17) is 9.47 Å². The molecule has 8 nitrogen and oxygen atoms in total. The number of pyridine rings is 1. The van der Waals surface area contributed by atoms with Gasteiger partial charge in [-0.15, -0.1) is 0 Å². The summed E-state index contributed by atoms with van der Waals surface area (Å²) in [5.41, 5.74) is -0.473. The van der Waals surface area contributed by atoms with Crippen LogP contribution in [-0.4, -0.2) is 53.5 Å². The lowest BCUT2D eigenvalue weighted by Crippen LogP contribution is -2.49. The Bertz CT molecular complexity index is 671. The van der Waals surface area contributed by atoms with Crippen LogP contribution < -0.4 is 15.0 Å². The minimum absolute atomic E-state index is 0.0994. The average molecular weight is 351 g/mol. The predicted octanol–water partition coefficient (Wildman–Crippen LogP) is 2.28. The molecule has 2 rings (SSSR count). The normalized spacial score (nSPS) is 20.3. The lowest BCUT2D eigenvalue weighted by atomic mass is 10.0. The number of amides is 1. The van der Waals surface area contributed by atoms with Gasteiger partial charge < -0.3 is 24.8 Å². The van der Waals surface area contributed by atoms with E-state index in [0.29, 0.717) is 31.1 Å². The van der Waals surface area contributed by atoms with Crippen LogP contribution in [0.3, 0.4) is 0 Å². The van der Waals surface area contributed by atoms with E-state index in [-0.39, 0.29) is 5.56 Å². The highest BCUT2D eigenvalue weighted by atomic mass is 16.6. The fourth-order valence-corrected chi connectivity index (χ4v) is 2.78. The number of ether oxygens (including phenoxy) is 2. The van der Waals surface area contributed by atoms with Gasteiger partial charge in [-0.3, -0.25) is 0 Å². The Balaban J connectivity index is 2.17. The van der Waals surface area contributed by atoms with Crippen molar-refractivity contribution in [3.8, 4) is 5.88 Å². The maximum absolute atomic E-state index is 12.1. The van der Waals surface area contributed by atoms with Crippen molar-refractivity contribution >= 4 is 17.7 Å². The van der Waals surface area contributed by atoms with E-state index in [9.17, 15) is 14.7 Å². The molecule has 0 radical (unpaired) electrons. The molecular formula is C17H25N3O5. The molecule has 1 atom stereocenters. The number of nitrogens with one attached hydrogen (secondary N) is 1. The number of carbonyl (C=O) groups is 2. The molecule has 1 saturated heterocycles. The van der Waals surface area contributed by atoms with Crippen LogP contribution in [0.4, 0.5) is 10.5 Å². The van der Waals surface area contributed by atoms with Crippen molar-refractivity contribution in [2.24, 2.45) is 0 Å². The number of aromatic nitrogens is 1. The number of hydrogen-bond acceptors (Lipinski definition) is 6. The summed E-state index contributed by atoms with van der Waals surface area (Å²) in [7, 11) is 1.48. The maximum atomic E-state index is 12.1.